The Morgan fingerprint density at radius 1 is 1.15 bits per heavy atom. The predicted molar refractivity (Wildman–Crippen MR) is 166 cm³/mol. The number of aliphatic imine (C=N–C) groups is 1. The van der Waals surface area contributed by atoms with Crippen molar-refractivity contribution >= 4 is 46.3 Å². The van der Waals surface area contributed by atoms with Gasteiger partial charge in [0.25, 0.3) is 5.91 Å². The lowest BCUT2D eigenvalue weighted by Gasteiger charge is -2.47. The molecule has 2 aliphatic rings. The summed E-state index contributed by atoms with van der Waals surface area (Å²) in [6.45, 7) is 10.2. The van der Waals surface area contributed by atoms with Gasteiger partial charge in [-0.05, 0) is 92.4 Å². The molecule has 3 aromatic carbocycles. The number of hydrogen-bond acceptors (Lipinski definition) is 6. The van der Waals surface area contributed by atoms with E-state index in [1.165, 1.54) is 23.0 Å². The third-order valence-electron chi connectivity index (χ3n) is 7.75. The second kappa shape index (κ2) is 11.4. The van der Waals surface area contributed by atoms with Crippen LogP contribution in [0.5, 0.6) is 5.75 Å². The molecule has 212 valence electrons. The van der Waals surface area contributed by atoms with E-state index < -0.39 is 5.97 Å². The van der Waals surface area contributed by atoms with Crippen LogP contribution in [-0.2, 0) is 11.3 Å². The number of hydrogen-bond donors (Lipinski definition) is 1. The van der Waals surface area contributed by atoms with Crippen molar-refractivity contribution in [2.45, 2.75) is 52.1 Å². The van der Waals surface area contributed by atoms with Crippen LogP contribution in [0.25, 0.3) is 6.08 Å². The normalized spacial score (nSPS) is 20.0. The number of thioether (sulfide) groups is 1. The number of amides is 1. The number of methoxy groups -OCH3 is 1. The second-order valence-electron chi connectivity index (χ2n) is 11.0. The summed E-state index contributed by atoms with van der Waals surface area (Å²) < 4.78 is 5.85. The number of carbonyl (C=O) groups excluding carboxylic acids is 1. The highest BCUT2D eigenvalue weighted by molar-refractivity contribution is 8.18. The van der Waals surface area contributed by atoms with Crippen molar-refractivity contribution in [3.8, 4) is 5.75 Å². The van der Waals surface area contributed by atoms with Crippen molar-refractivity contribution in [3.05, 3.63) is 93.9 Å². The Kier molecular flexibility index (Phi) is 7.95. The summed E-state index contributed by atoms with van der Waals surface area (Å²) in [5.74, 6) is -0.0634. The molecule has 1 fully saturated rings. The molecular weight excluding hydrogens is 534 g/mol. The predicted octanol–water partition coefficient (Wildman–Crippen LogP) is 7.31. The zero-order chi connectivity index (χ0) is 29.3. The summed E-state index contributed by atoms with van der Waals surface area (Å²) in [6.07, 6.45) is 2.94. The minimum Gasteiger partial charge on any atom is -0.496 e. The average Bonchev–Trinajstić information content (AvgIpc) is 3.22. The van der Waals surface area contributed by atoms with Gasteiger partial charge in [0, 0.05) is 29.4 Å². The third-order valence-corrected chi connectivity index (χ3v) is 8.76. The maximum atomic E-state index is 13.8. The summed E-state index contributed by atoms with van der Waals surface area (Å²) in [6, 6.07) is 20.4. The monoisotopic (exact) mass is 569 g/mol. The van der Waals surface area contributed by atoms with Gasteiger partial charge in [-0.3, -0.25) is 9.69 Å². The maximum Gasteiger partial charge on any atom is 0.335 e. The molecule has 1 atom stereocenters. The number of nitrogens with zero attached hydrogens (tertiary/aromatic N) is 3. The maximum absolute atomic E-state index is 13.8. The first kappa shape index (κ1) is 28.5. The number of carboxylic acid groups (broad SMARTS) is 1. The van der Waals surface area contributed by atoms with Crippen LogP contribution in [0.1, 0.15) is 67.1 Å². The molecule has 2 heterocycles. The molecule has 5 rings (SSSR count). The lowest BCUT2D eigenvalue weighted by molar-refractivity contribution is -0.122. The summed E-state index contributed by atoms with van der Waals surface area (Å²) in [7, 11) is 1.66. The van der Waals surface area contributed by atoms with Crippen molar-refractivity contribution in [1.82, 2.24) is 4.90 Å². The summed E-state index contributed by atoms with van der Waals surface area (Å²) in [5.41, 5.74) is 5.09. The van der Waals surface area contributed by atoms with E-state index in [0.29, 0.717) is 16.0 Å². The Morgan fingerprint density at radius 3 is 2.49 bits per heavy atom. The van der Waals surface area contributed by atoms with E-state index in [4.69, 9.17) is 9.73 Å². The molecule has 1 unspecified atom stereocenters. The minimum absolute atomic E-state index is 0.0371. The molecule has 1 saturated heterocycles. The molecule has 0 radical (unpaired) electrons. The molecule has 1 N–H and O–H groups in total. The van der Waals surface area contributed by atoms with E-state index in [1.807, 2.05) is 36.4 Å². The molecule has 0 saturated carbocycles. The van der Waals surface area contributed by atoms with Crippen LogP contribution >= 0.6 is 11.8 Å². The largest absolute Gasteiger partial charge is 0.496 e. The number of amidine groups is 1. The van der Waals surface area contributed by atoms with E-state index in [9.17, 15) is 14.7 Å². The van der Waals surface area contributed by atoms with Crippen molar-refractivity contribution in [2.75, 3.05) is 18.6 Å². The van der Waals surface area contributed by atoms with Gasteiger partial charge in [-0.2, -0.15) is 0 Å². The van der Waals surface area contributed by atoms with Crippen LogP contribution in [0.15, 0.2) is 76.6 Å². The van der Waals surface area contributed by atoms with E-state index in [2.05, 4.69) is 44.7 Å². The van der Waals surface area contributed by atoms with E-state index in [1.54, 1.807) is 36.3 Å². The molecule has 0 bridgehead atoms. The van der Waals surface area contributed by atoms with Gasteiger partial charge in [0.2, 0.25) is 0 Å². The van der Waals surface area contributed by atoms with Gasteiger partial charge in [0.15, 0.2) is 5.17 Å². The molecule has 8 heteroatoms. The number of rotatable bonds is 7. The summed E-state index contributed by atoms with van der Waals surface area (Å²) >= 11 is 1.33. The number of benzene rings is 3. The topological polar surface area (TPSA) is 82.4 Å². The fourth-order valence-corrected chi connectivity index (χ4v) is 6.82. The molecule has 0 aromatic heterocycles. The number of para-hydroxylation sites is 1. The van der Waals surface area contributed by atoms with Crippen molar-refractivity contribution in [3.63, 3.8) is 0 Å². The van der Waals surface area contributed by atoms with Crippen LogP contribution in [-0.4, -0.2) is 46.2 Å². The number of ether oxygens (including phenoxy) is 1. The molecular formula is C33H35N3O4S. The first-order valence-electron chi connectivity index (χ1n) is 13.8. The van der Waals surface area contributed by atoms with Gasteiger partial charge in [0.05, 0.1) is 29.8 Å². The Labute approximate surface area is 245 Å². The van der Waals surface area contributed by atoms with Crippen molar-refractivity contribution < 1.29 is 19.4 Å². The van der Waals surface area contributed by atoms with Gasteiger partial charge in [-0.15, -0.1) is 0 Å². The van der Waals surface area contributed by atoms with Gasteiger partial charge < -0.3 is 14.7 Å². The molecule has 0 spiro atoms. The Balaban J connectivity index is 1.54. The third kappa shape index (κ3) is 5.75. The number of aromatic carboxylic acids is 1. The Bertz CT molecular complexity index is 1530. The summed E-state index contributed by atoms with van der Waals surface area (Å²) in [4.78, 5) is 34.6. The van der Waals surface area contributed by atoms with E-state index in [-0.39, 0.29) is 23.6 Å². The molecule has 41 heavy (non-hydrogen) atoms. The van der Waals surface area contributed by atoms with Crippen molar-refractivity contribution in [1.29, 1.82) is 0 Å². The number of fused-ring (bicyclic) bond motifs is 1. The highest BCUT2D eigenvalue weighted by Crippen LogP contribution is 2.46. The van der Waals surface area contributed by atoms with Crippen LogP contribution in [0.3, 0.4) is 0 Å². The zero-order valence-electron chi connectivity index (χ0n) is 24.0. The Hall–Kier alpha value is -4.04. The molecule has 1 amide bonds. The van der Waals surface area contributed by atoms with Crippen LogP contribution < -0.4 is 9.64 Å². The average molecular weight is 570 g/mol. The smallest absolute Gasteiger partial charge is 0.335 e. The quantitative estimate of drug-likeness (QED) is 0.301. The number of anilines is 1. The fourth-order valence-electron chi connectivity index (χ4n) is 5.84. The van der Waals surface area contributed by atoms with Crippen LogP contribution in [0, 0.1) is 0 Å². The molecule has 3 aromatic rings. The minimum atomic E-state index is -0.986. The molecule has 0 aliphatic carbocycles. The lowest BCUT2D eigenvalue weighted by Crippen LogP contribution is -2.48. The highest BCUT2D eigenvalue weighted by atomic mass is 32.2. The first-order valence-corrected chi connectivity index (χ1v) is 14.6. The molecule has 2 aliphatic heterocycles. The standard InChI is InChI=1S/C33H35N3O4S/c1-6-36-27-18-28(40-5)24(16-26(27)21(2)19-33(36,3)4)17-29-30(37)35(20-22-12-14-23(15-13-22)31(38)39)32(41-29)34-25-10-8-7-9-11-25/h7-18,21H,6,19-20H2,1-5H3,(H,38,39)/b29-17+,34-32?. The summed E-state index contributed by atoms with van der Waals surface area (Å²) in [5, 5.41) is 9.83. The highest BCUT2D eigenvalue weighted by Gasteiger charge is 2.37. The Morgan fingerprint density at radius 2 is 1.85 bits per heavy atom. The van der Waals surface area contributed by atoms with Gasteiger partial charge in [0.1, 0.15) is 5.75 Å². The zero-order valence-corrected chi connectivity index (χ0v) is 24.9. The lowest BCUT2D eigenvalue weighted by atomic mass is 9.79. The van der Waals surface area contributed by atoms with Gasteiger partial charge in [-0.25, -0.2) is 9.79 Å². The number of carbonyl (C=O) groups is 2. The fraction of sp³-hybridized carbons (Fsp3) is 0.303. The van der Waals surface area contributed by atoms with E-state index >= 15 is 0 Å². The van der Waals surface area contributed by atoms with Gasteiger partial charge in [-0.1, -0.05) is 37.3 Å². The SMILES string of the molecule is CCN1c2cc(OC)c(/C=C3/SC(=Nc4ccccc4)N(Cc4ccc(C(=O)O)cc4)C3=O)cc2C(C)CC1(C)C. The second-order valence-corrected chi connectivity index (χ2v) is 12.1. The first-order chi connectivity index (χ1) is 19.6. The van der Waals surface area contributed by atoms with Crippen molar-refractivity contribution in [2.24, 2.45) is 4.99 Å². The van der Waals surface area contributed by atoms with Crippen LogP contribution in [0.4, 0.5) is 11.4 Å². The number of carboxylic acids is 1. The van der Waals surface area contributed by atoms with Crippen LogP contribution in [0.2, 0.25) is 0 Å². The van der Waals surface area contributed by atoms with Gasteiger partial charge >= 0.3 is 5.97 Å². The molecule has 7 nitrogen and oxygen atoms in total. The van der Waals surface area contributed by atoms with E-state index in [0.717, 1.165) is 35.5 Å².